The lowest BCUT2D eigenvalue weighted by atomic mass is 9.66. The van der Waals surface area contributed by atoms with Crippen LogP contribution in [0.2, 0.25) is 0 Å². The van der Waals surface area contributed by atoms with Crippen LogP contribution in [0.3, 0.4) is 0 Å². The molecule has 1 aliphatic carbocycles. The van der Waals surface area contributed by atoms with E-state index < -0.39 is 5.41 Å². The van der Waals surface area contributed by atoms with Gasteiger partial charge in [-0.25, -0.2) is 0 Å². The third kappa shape index (κ3) is 3.95. The summed E-state index contributed by atoms with van der Waals surface area (Å²) < 4.78 is 0. The van der Waals surface area contributed by atoms with Gasteiger partial charge >= 0.3 is 0 Å². The fourth-order valence-electron chi connectivity index (χ4n) is 6.48. The minimum Gasteiger partial charge on any atom is -0.513 e. The maximum atomic E-state index is 10.3. The van der Waals surface area contributed by atoms with E-state index >= 15 is 0 Å². The van der Waals surface area contributed by atoms with E-state index in [1.54, 1.807) is 6.92 Å². The standard InChI is InChI=1S/C38H34O2/c1-5-32(40)23-29-15-18-31(21-25(29)3)38(30-17-14-28(22-26(4)39)24(2)20-30)35-13-9-8-12-34(35)37-33-11-7-6-10-27(33)16-19-36(37)38/h6-23,39-40H,5H2,1-4H3/b26-22+,32-23+. The van der Waals surface area contributed by atoms with Crippen LogP contribution in [0.5, 0.6) is 0 Å². The van der Waals surface area contributed by atoms with Crippen LogP contribution in [0.1, 0.15) is 64.8 Å². The van der Waals surface area contributed by atoms with Gasteiger partial charge in [0.15, 0.2) is 0 Å². The Labute approximate surface area is 236 Å². The quantitative estimate of drug-likeness (QED) is 0.221. The summed E-state index contributed by atoms with van der Waals surface area (Å²) in [5.74, 6) is 0.676. The maximum Gasteiger partial charge on any atom is 0.0925 e. The normalized spacial score (nSPS) is 16.7. The Hall–Kier alpha value is -4.56. The van der Waals surface area contributed by atoms with Crippen LogP contribution in [-0.4, -0.2) is 10.2 Å². The van der Waals surface area contributed by atoms with E-state index in [0.29, 0.717) is 17.9 Å². The Bertz CT molecular complexity index is 1830. The SMILES string of the molecule is CC/C(O)=C\c1ccc(C2(c3ccc(/C=C(\C)O)c(C)c3)c3ccccc3-c3c2ccc2ccccc32)cc1C. The summed E-state index contributed by atoms with van der Waals surface area (Å²) in [7, 11) is 0. The average molecular weight is 523 g/mol. The van der Waals surface area contributed by atoms with Crippen molar-refractivity contribution < 1.29 is 10.2 Å². The van der Waals surface area contributed by atoms with Crippen LogP contribution < -0.4 is 0 Å². The molecule has 0 radical (unpaired) electrons. The van der Waals surface area contributed by atoms with Gasteiger partial charge in [0.05, 0.1) is 16.9 Å². The summed E-state index contributed by atoms with van der Waals surface area (Å²) in [5, 5.41) is 22.7. The van der Waals surface area contributed by atoms with Gasteiger partial charge in [-0.15, -0.1) is 0 Å². The van der Waals surface area contributed by atoms with Gasteiger partial charge in [0, 0.05) is 6.42 Å². The maximum absolute atomic E-state index is 10.3. The van der Waals surface area contributed by atoms with Crippen molar-refractivity contribution in [2.45, 2.75) is 39.5 Å². The van der Waals surface area contributed by atoms with Crippen molar-refractivity contribution in [1.29, 1.82) is 0 Å². The second-order valence-electron chi connectivity index (χ2n) is 10.9. The molecular weight excluding hydrogens is 488 g/mol. The van der Waals surface area contributed by atoms with Gasteiger partial charge in [-0.3, -0.25) is 0 Å². The molecule has 1 unspecified atom stereocenters. The molecule has 0 amide bonds. The number of aryl methyl sites for hydroxylation is 2. The summed E-state index contributed by atoms with van der Waals surface area (Å²) in [6, 6.07) is 35.3. The van der Waals surface area contributed by atoms with Gasteiger partial charge in [-0.1, -0.05) is 104 Å². The number of hydrogen-bond donors (Lipinski definition) is 2. The van der Waals surface area contributed by atoms with Crippen LogP contribution in [0.15, 0.2) is 109 Å². The first kappa shape index (κ1) is 25.7. The molecule has 1 atom stereocenters. The first-order valence-corrected chi connectivity index (χ1v) is 14.0. The molecule has 40 heavy (non-hydrogen) atoms. The molecule has 5 aromatic carbocycles. The highest BCUT2D eigenvalue weighted by atomic mass is 16.3. The molecule has 1 aliphatic rings. The molecule has 0 saturated heterocycles. The molecule has 0 aliphatic heterocycles. The molecule has 0 spiro atoms. The molecule has 0 bridgehead atoms. The van der Waals surface area contributed by atoms with Gasteiger partial charge in [0.25, 0.3) is 0 Å². The van der Waals surface area contributed by atoms with E-state index in [1.807, 2.05) is 19.1 Å². The van der Waals surface area contributed by atoms with E-state index in [1.165, 1.54) is 44.2 Å². The van der Waals surface area contributed by atoms with Crippen LogP contribution >= 0.6 is 0 Å². The molecule has 2 heteroatoms. The van der Waals surface area contributed by atoms with Crippen LogP contribution in [-0.2, 0) is 5.41 Å². The summed E-state index contributed by atoms with van der Waals surface area (Å²) in [4.78, 5) is 0. The summed E-state index contributed by atoms with van der Waals surface area (Å²) in [6.07, 6.45) is 4.30. The lowest BCUT2D eigenvalue weighted by Crippen LogP contribution is -2.29. The van der Waals surface area contributed by atoms with Crippen molar-refractivity contribution in [2.24, 2.45) is 0 Å². The fourth-order valence-corrected chi connectivity index (χ4v) is 6.48. The van der Waals surface area contributed by atoms with E-state index in [2.05, 4.69) is 111 Å². The predicted molar refractivity (Wildman–Crippen MR) is 168 cm³/mol. The molecule has 0 aromatic heterocycles. The highest BCUT2D eigenvalue weighted by Crippen LogP contribution is 2.58. The third-order valence-electron chi connectivity index (χ3n) is 8.39. The number of benzene rings is 5. The van der Waals surface area contributed by atoms with Gasteiger partial charge in [-0.2, -0.15) is 0 Å². The zero-order valence-corrected chi connectivity index (χ0v) is 23.5. The number of aliphatic hydroxyl groups is 2. The lowest BCUT2D eigenvalue weighted by Gasteiger charge is -2.35. The van der Waals surface area contributed by atoms with E-state index in [4.69, 9.17) is 0 Å². The topological polar surface area (TPSA) is 40.5 Å². The molecule has 6 rings (SSSR count). The second-order valence-corrected chi connectivity index (χ2v) is 10.9. The molecule has 198 valence electrons. The Morgan fingerprint density at radius 2 is 1.32 bits per heavy atom. The molecule has 2 N–H and O–H groups in total. The van der Waals surface area contributed by atoms with E-state index in [0.717, 1.165) is 22.3 Å². The van der Waals surface area contributed by atoms with Crippen molar-refractivity contribution >= 4 is 22.9 Å². The molecular formula is C38H34O2. The number of rotatable bonds is 5. The Balaban J connectivity index is 1.73. The number of fused-ring (bicyclic) bond motifs is 5. The molecule has 2 nitrogen and oxygen atoms in total. The van der Waals surface area contributed by atoms with Gasteiger partial charge in [-0.05, 0) is 99.3 Å². The zero-order valence-electron chi connectivity index (χ0n) is 23.5. The van der Waals surface area contributed by atoms with Crippen LogP contribution in [0.25, 0.3) is 34.1 Å². The highest BCUT2D eigenvalue weighted by Gasteiger charge is 2.46. The molecule has 0 saturated carbocycles. The minimum atomic E-state index is -0.531. The minimum absolute atomic E-state index is 0.295. The Kier molecular flexibility index (Phi) is 6.35. The van der Waals surface area contributed by atoms with Crippen LogP contribution in [0, 0.1) is 13.8 Å². The van der Waals surface area contributed by atoms with E-state index in [9.17, 15) is 10.2 Å². The molecule has 0 heterocycles. The highest BCUT2D eigenvalue weighted by molar-refractivity contribution is 6.04. The summed E-state index contributed by atoms with van der Waals surface area (Å²) >= 11 is 0. The van der Waals surface area contributed by atoms with Crippen molar-refractivity contribution in [3.63, 3.8) is 0 Å². The first-order chi connectivity index (χ1) is 19.3. The van der Waals surface area contributed by atoms with Gasteiger partial charge in [0.1, 0.15) is 0 Å². The van der Waals surface area contributed by atoms with Crippen molar-refractivity contribution in [3.8, 4) is 11.1 Å². The summed E-state index contributed by atoms with van der Waals surface area (Å²) in [5.41, 5.74) is 11.2. The predicted octanol–water partition coefficient (Wildman–Crippen LogP) is 10.0. The smallest absolute Gasteiger partial charge is 0.0925 e. The molecule has 0 fully saturated rings. The van der Waals surface area contributed by atoms with Crippen molar-refractivity contribution in [2.75, 3.05) is 0 Å². The Morgan fingerprint density at radius 3 is 1.98 bits per heavy atom. The number of aliphatic hydroxyl groups excluding tert-OH is 2. The van der Waals surface area contributed by atoms with Crippen LogP contribution in [0.4, 0.5) is 0 Å². The monoisotopic (exact) mass is 522 g/mol. The van der Waals surface area contributed by atoms with Crippen molar-refractivity contribution in [1.82, 2.24) is 0 Å². The van der Waals surface area contributed by atoms with E-state index in [-0.39, 0.29) is 0 Å². The number of allylic oxidation sites excluding steroid dienone is 2. The second kappa shape index (κ2) is 9.88. The first-order valence-electron chi connectivity index (χ1n) is 14.0. The third-order valence-corrected chi connectivity index (χ3v) is 8.39. The Morgan fingerprint density at radius 1 is 0.700 bits per heavy atom. The van der Waals surface area contributed by atoms with Gasteiger partial charge in [0.2, 0.25) is 0 Å². The zero-order chi connectivity index (χ0) is 28.0. The average Bonchev–Trinajstić information content (AvgIpc) is 3.26. The molecule has 5 aromatic rings. The fraction of sp³-hybridized carbons (Fsp3) is 0.158. The summed E-state index contributed by atoms with van der Waals surface area (Å²) in [6.45, 7) is 7.90. The largest absolute Gasteiger partial charge is 0.513 e. The van der Waals surface area contributed by atoms with Gasteiger partial charge < -0.3 is 10.2 Å². The van der Waals surface area contributed by atoms with Crippen molar-refractivity contribution in [3.05, 3.63) is 153 Å². The number of hydrogen-bond acceptors (Lipinski definition) is 2. The lowest BCUT2D eigenvalue weighted by molar-refractivity contribution is 0.400.